The minimum Gasteiger partial charge on any atom is -0.497 e. The number of hydrogen-bond donors (Lipinski definition) is 0. The van der Waals surface area contributed by atoms with Gasteiger partial charge in [-0.1, -0.05) is 67.6 Å². The predicted octanol–water partition coefficient (Wildman–Crippen LogP) is 7.79. The minimum atomic E-state index is -0.818. The van der Waals surface area contributed by atoms with Gasteiger partial charge in [-0.15, -0.1) is 0 Å². The summed E-state index contributed by atoms with van der Waals surface area (Å²) in [5.74, 6) is -1.51. The van der Waals surface area contributed by atoms with Gasteiger partial charge < -0.3 is 4.74 Å². The lowest BCUT2D eigenvalue weighted by molar-refractivity contribution is 0.411. The van der Waals surface area contributed by atoms with Crippen molar-refractivity contribution in [1.29, 1.82) is 0 Å². The molecule has 0 spiro atoms. The number of rotatable bonds is 7. The van der Waals surface area contributed by atoms with E-state index in [1.54, 1.807) is 24.3 Å². The highest BCUT2D eigenvalue weighted by Crippen LogP contribution is 2.29. The van der Waals surface area contributed by atoms with Crippen molar-refractivity contribution >= 4 is 0 Å². The average Bonchev–Trinajstić information content (AvgIpc) is 2.85. The fraction of sp³-hybridized carbons (Fsp3) is 0.172. The van der Waals surface area contributed by atoms with Crippen molar-refractivity contribution in [3.63, 3.8) is 0 Å². The van der Waals surface area contributed by atoms with Crippen LogP contribution in [0.15, 0.2) is 78.9 Å². The molecule has 0 aliphatic carbocycles. The number of aryl methyl sites for hydroxylation is 3. The normalized spacial score (nSPS) is 10.9. The third kappa shape index (κ3) is 4.95. The van der Waals surface area contributed by atoms with Crippen LogP contribution in [0.5, 0.6) is 5.75 Å². The second-order valence-electron chi connectivity index (χ2n) is 7.99. The number of methoxy groups -OCH3 is 1. The van der Waals surface area contributed by atoms with Crippen LogP contribution in [0.4, 0.5) is 13.2 Å². The molecule has 0 heterocycles. The summed E-state index contributed by atoms with van der Waals surface area (Å²) in [5.41, 5.74) is 4.62. The van der Waals surface area contributed by atoms with Crippen LogP contribution in [-0.4, -0.2) is 7.11 Å². The van der Waals surface area contributed by atoms with Gasteiger partial charge in [-0.3, -0.25) is 0 Å². The van der Waals surface area contributed by atoms with E-state index in [1.807, 2.05) is 48.5 Å². The van der Waals surface area contributed by atoms with Crippen molar-refractivity contribution in [2.24, 2.45) is 0 Å². The summed E-state index contributed by atoms with van der Waals surface area (Å²) in [5, 5.41) is 0. The van der Waals surface area contributed by atoms with Crippen LogP contribution in [-0.2, 0) is 19.3 Å². The van der Waals surface area contributed by atoms with Gasteiger partial charge in [0.05, 0.1) is 7.11 Å². The molecule has 4 heteroatoms. The molecule has 0 aliphatic heterocycles. The van der Waals surface area contributed by atoms with E-state index >= 15 is 0 Å². The van der Waals surface area contributed by atoms with Gasteiger partial charge in [0.2, 0.25) is 0 Å². The molecule has 4 aromatic rings. The average molecular weight is 447 g/mol. The highest BCUT2D eigenvalue weighted by Gasteiger charge is 2.15. The van der Waals surface area contributed by atoms with Gasteiger partial charge in [0.1, 0.15) is 11.6 Å². The van der Waals surface area contributed by atoms with E-state index in [2.05, 4.69) is 6.92 Å². The molecule has 0 N–H and O–H groups in total. The van der Waals surface area contributed by atoms with Gasteiger partial charge >= 0.3 is 0 Å². The molecule has 0 bridgehead atoms. The fourth-order valence-corrected chi connectivity index (χ4v) is 3.91. The Bertz CT molecular complexity index is 1250. The van der Waals surface area contributed by atoms with Crippen LogP contribution < -0.4 is 4.74 Å². The van der Waals surface area contributed by atoms with E-state index in [0.717, 1.165) is 23.1 Å². The van der Waals surface area contributed by atoms with Gasteiger partial charge in [0, 0.05) is 17.2 Å². The Morgan fingerprint density at radius 1 is 0.636 bits per heavy atom. The third-order valence-electron chi connectivity index (χ3n) is 5.96. The summed E-state index contributed by atoms with van der Waals surface area (Å²) >= 11 is 0. The van der Waals surface area contributed by atoms with Crippen LogP contribution in [0, 0.1) is 17.5 Å². The maximum Gasteiger partial charge on any atom is 0.166 e. The molecule has 1 nitrogen and oxygen atoms in total. The molecule has 0 aromatic heterocycles. The maximum absolute atomic E-state index is 14.8. The molecule has 33 heavy (non-hydrogen) atoms. The zero-order valence-corrected chi connectivity index (χ0v) is 18.7. The summed E-state index contributed by atoms with van der Waals surface area (Å²) in [6, 6.07) is 23.0. The molecular formula is C29H25F3O. The van der Waals surface area contributed by atoms with Crippen molar-refractivity contribution < 1.29 is 17.9 Å². The first kappa shape index (κ1) is 22.7. The Labute approximate surface area is 192 Å². The Hall–Kier alpha value is -3.53. The smallest absolute Gasteiger partial charge is 0.166 e. The summed E-state index contributed by atoms with van der Waals surface area (Å²) in [7, 11) is 1.50. The SMILES string of the molecule is CCc1ccc(-c2ccc(CCc3ccc(-c4ccc(OC)cc4F)cc3)c(F)c2F)cc1. The van der Waals surface area contributed by atoms with Crippen LogP contribution in [0.3, 0.4) is 0 Å². The number of benzene rings is 4. The Morgan fingerprint density at radius 2 is 1.24 bits per heavy atom. The van der Waals surface area contributed by atoms with Crippen LogP contribution >= 0.6 is 0 Å². The van der Waals surface area contributed by atoms with E-state index in [9.17, 15) is 13.2 Å². The van der Waals surface area contributed by atoms with Crippen molar-refractivity contribution in [3.8, 4) is 28.0 Å². The second kappa shape index (κ2) is 9.95. The number of hydrogen-bond acceptors (Lipinski definition) is 1. The highest BCUT2D eigenvalue weighted by molar-refractivity contribution is 5.66. The standard InChI is InChI=1S/C29H25F3O/c1-3-19-4-9-22(10-5-19)26-16-14-23(28(31)29(26)32)13-8-20-6-11-21(12-7-20)25-17-15-24(33-2)18-27(25)30/h4-7,9-12,14-18H,3,8,13H2,1-2H3. The lowest BCUT2D eigenvalue weighted by Crippen LogP contribution is -2.00. The molecule has 0 saturated carbocycles. The first-order valence-electron chi connectivity index (χ1n) is 11.0. The monoisotopic (exact) mass is 446 g/mol. The van der Waals surface area contributed by atoms with Crippen molar-refractivity contribution in [2.45, 2.75) is 26.2 Å². The lowest BCUT2D eigenvalue weighted by Gasteiger charge is -2.10. The first-order valence-corrected chi connectivity index (χ1v) is 11.0. The van der Waals surface area contributed by atoms with Gasteiger partial charge in [-0.2, -0.15) is 0 Å². The molecule has 4 aromatic carbocycles. The van der Waals surface area contributed by atoms with Crippen LogP contribution in [0.1, 0.15) is 23.6 Å². The van der Waals surface area contributed by atoms with Crippen LogP contribution in [0.2, 0.25) is 0 Å². The minimum absolute atomic E-state index is 0.268. The van der Waals surface area contributed by atoms with E-state index in [-0.39, 0.29) is 11.4 Å². The number of ether oxygens (including phenoxy) is 1. The van der Waals surface area contributed by atoms with Gasteiger partial charge in [0.15, 0.2) is 11.6 Å². The predicted molar refractivity (Wildman–Crippen MR) is 127 cm³/mol. The summed E-state index contributed by atoms with van der Waals surface area (Å²) in [4.78, 5) is 0. The Kier molecular flexibility index (Phi) is 6.83. The van der Waals surface area contributed by atoms with E-state index in [1.165, 1.54) is 13.2 Å². The molecule has 0 amide bonds. The first-order chi connectivity index (χ1) is 16.0. The van der Waals surface area contributed by atoms with E-state index < -0.39 is 11.6 Å². The van der Waals surface area contributed by atoms with Gasteiger partial charge in [0.25, 0.3) is 0 Å². The third-order valence-corrected chi connectivity index (χ3v) is 5.96. The number of halogens is 3. The highest BCUT2D eigenvalue weighted by atomic mass is 19.2. The van der Waals surface area contributed by atoms with E-state index in [0.29, 0.717) is 35.3 Å². The zero-order valence-electron chi connectivity index (χ0n) is 18.7. The molecular weight excluding hydrogens is 421 g/mol. The molecule has 0 radical (unpaired) electrons. The molecule has 0 atom stereocenters. The van der Waals surface area contributed by atoms with Gasteiger partial charge in [-0.25, -0.2) is 13.2 Å². The maximum atomic E-state index is 14.8. The summed E-state index contributed by atoms with van der Waals surface area (Å²) in [6.07, 6.45) is 1.81. The largest absolute Gasteiger partial charge is 0.497 e. The summed E-state index contributed by atoms with van der Waals surface area (Å²) < 4.78 is 48.9. The van der Waals surface area contributed by atoms with Crippen molar-refractivity contribution in [2.75, 3.05) is 7.11 Å². The summed E-state index contributed by atoms with van der Waals surface area (Å²) in [6.45, 7) is 2.05. The quantitative estimate of drug-likeness (QED) is 0.281. The molecule has 0 aliphatic rings. The van der Waals surface area contributed by atoms with E-state index in [4.69, 9.17) is 4.74 Å². The fourth-order valence-electron chi connectivity index (χ4n) is 3.91. The zero-order chi connectivity index (χ0) is 23.4. The molecule has 0 fully saturated rings. The molecule has 0 saturated heterocycles. The van der Waals surface area contributed by atoms with Crippen molar-refractivity contribution in [1.82, 2.24) is 0 Å². The van der Waals surface area contributed by atoms with Crippen molar-refractivity contribution in [3.05, 3.63) is 113 Å². The second-order valence-corrected chi connectivity index (χ2v) is 7.99. The topological polar surface area (TPSA) is 9.23 Å². The molecule has 0 unspecified atom stereocenters. The molecule has 4 rings (SSSR count). The Morgan fingerprint density at radius 3 is 1.85 bits per heavy atom. The molecule has 168 valence electrons. The lowest BCUT2D eigenvalue weighted by atomic mass is 9.97. The van der Waals surface area contributed by atoms with Crippen LogP contribution in [0.25, 0.3) is 22.3 Å². The Balaban J connectivity index is 1.47. The van der Waals surface area contributed by atoms with Gasteiger partial charge in [-0.05, 0) is 59.2 Å².